The van der Waals surface area contributed by atoms with Crippen LogP contribution in [0.3, 0.4) is 0 Å². The number of fused-ring (bicyclic) bond motifs is 4. The molecule has 2 aromatic carbocycles. The van der Waals surface area contributed by atoms with Crippen LogP contribution in [-0.2, 0) is 12.0 Å². The van der Waals surface area contributed by atoms with Crippen LogP contribution in [0.1, 0.15) is 35.7 Å². The van der Waals surface area contributed by atoms with Gasteiger partial charge in [0, 0.05) is 66.4 Å². The van der Waals surface area contributed by atoms with Gasteiger partial charge in [-0.25, -0.2) is 4.39 Å². The molecule has 1 spiro atoms. The Morgan fingerprint density at radius 3 is 2.69 bits per heavy atom. The van der Waals surface area contributed by atoms with Crippen LogP contribution < -0.4 is 4.74 Å². The number of H-pyrrole nitrogens is 1. The van der Waals surface area contributed by atoms with Crippen molar-refractivity contribution >= 4 is 10.9 Å². The Hall–Kier alpha value is -2.41. The molecule has 3 heterocycles. The summed E-state index contributed by atoms with van der Waals surface area (Å²) in [6.45, 7) is 4.51. The number of ether oxygens (including phenoxy) is 1. The zero-order chi connectivity index (χ0) is 21.9. The Morgan fingerprint density at radius 1 is 1.16 bits per heavy atom. The summed E-state index contributed by atoms with van der Waals surface area (Å²) >= 11 is 0. The third kappa shape index (κ3) is 3.24. The normalized spacial score (nSPS) is 22.8. The Morgan fingerprint density at radius 2 is 1.97 bits per heavy atom. The van der Waals surface area contributed by atoms with Gasteiger partial charge in [0.15, 0.2) is 0 Å². The highest BCUT2D eigenvalue weighted by atomic mass is 19.1. The highest BCUT2D eigenvalue weighted by molar-refractivity contribution is 5.88. The predicted octanol–water partition coefficient (Wildman–Crippen LogP) is 3.83. The second-order valence-electron chi connectivity index (χ2n) is 9.91. The lowest BCUT2D eigenvalue weighted by atomic mass is 9.68. The summed E-state index contributed by atoms with van der Waals surface area (Å²) in [5, 5.41) is 11.6. The number of halogens is 1. The number of methoxy groups -OCH3 is 1. The Kier molecular flexibility index (Phi) is 4.79. The number of aliphatic hydroxyl groups excluding tert-OH is 1. The number of aromatic amines is 1. The number of aliphatic hydroxyl groups is 1. The van der Waals surface area contributed by atoms with E-state index in [0.29, 0.717) is 12.1 Å². The van der Waals surface area contributed by atoms with Crippen LogP contribution in [0.4, 0.5) is 4.39 Å². The van der Waals surface area contributed by atoms with Gasteiger partial charge >= 0.3 is 0 Å². The van der Waals surface area contributed by atoms with Gasteiger partial charge in [0.1, 0.15) is 11.6 Å². The fraction of sp³-hybridized carbons (Fsp3) is 0.462. The summed E-state index contributed by atoms with van der Waals surface area (Å²) in [4.78, 5) is 8.46. The Labute approximate surface area is 187 Å². The summed E-state index contributed by atoms with van der Waals surface area (Å²) in [6.07, 6.45) is 2.71. The average Bonchev–Trinajstić information content (AvgIpc) is 3.51. The molecule has 0 bridgehead atoms. The lowest BCUT2D eigenvalue weighted by molar-refractivity contribution is -0.0102. The van der Waals surface area contributed by atoms with E-state index in [-0.39, 0.29) is 23.9 Å². The number of nitrogens with zero attached hydrogens (tertiary/aromatic N) is 2. The first-order valence-corrected chi connectivity index (χ1v) is 11.6. The molecule has 2 fully saturated rings. The van der Waals surface area contributed by atoms with Crippen molar-refractivity contribution in [2.45, 2.75) is 30.8 Å². The van der Waals surface area contributed by atoms with Crippen LogP contribution >= 0.6 is 0 Å². The van der Waals surface area contributed by atoms with Crippen molar-refractivity contribution in [2.24, 2.45) is 5.92 Å². The summed E-state index contributed by atoms with van der Waals surface area (Å²) in [5.41, 5.74) is 4.13. The van der Waals surface area contributed by atoms with Crippen LogP contribution in [-0.4, -0.2) is 59.8 Å². The Balaban J connectivity index is 1.42. The topological polar surface area (TPSA) is 51.7 Å². The number of likely N-dealkylation sites (tertiary alicyclic amines) is 1. The molecule has 5 nitrogen and oxygen atoms in total. The van der Waals surface area contributed by atoms with E-state index in [0.717, 1.165) is 42.5 Å². The van der Waals surface area contributed by atoms with Crippen molar-refractivity contribution in [1.29, 1.82) is 0 Å². The van der Waals surface area contributed by atoms with Crippen LogP contribution in [0, 0.1) is 11.7 Å². The second-order valence-corrected chi connectivity index (χ2v) is 9.91. The first kappa shape index (κ1) is 20.2. The fourth-order valence-electron chi connectivity index (χ4n) is 5.99. The summed E-state index contributed by atoms with van der Waals surface area (Å²) < 4.78 is 20.0. The molecule has 0 unspecified atom stereocenters. The lowest BCUT2D eigenvalue weighted by Crippen LogP contribution is -2.66. The van der Waals surface area contributed by atoms with Crippen molar-refractivity contribution in [2.75, 3.05) is 39.9 Å². The van der Waals surface area contributed by atoms with Gasteiger partial charge in [0.25, 0.3) is 0 Å². The highest BCUT2D eigenvalue weighted by Gasteiger charge is 2.53. The molecule has 1 saturated heterocycles. The zero-order valence-electron chi connectivity index (χ0n) is 18.5. The molecule has 3 aromatic rings. The first-order chi connectivity index (χ1) is 15.6. The molecule has 2 aliphatic heterocycles. The molecule has 3 aliphatic rings. The van der Waals surface area contributed by atoms with Crippen LogP contribution in [0.25, 0.3) is 10.9 Å². The standard InChI is InChI=1S/C26H30FN3O2/c1-32-19-8-9-20-22(10-19)28-25-23(13-31)30(12-18-4-2-3-5-21(18)27)16-26(24(20)25)14-29(15-26)11-17-6-7-17/h2-5,8-10,17,23,28,31H,6-7,11-16H2,1H3/t23-/m0/s1. The number of nitrogens with one attached hydrogen (secondary N) is 1. The third-order valence-corrected chi connectivity index (χ3v) is 7.61. The number of benzene rings is 2. The minimum absolute atomic E-state index is 0.00596. The molecule has 2 N–H and O–H groups in total. The number of hydrogen-bond acceptors (Lipinski definition) is 4. The molecule has 32 heavy (non-hydrogen) atoms. The van der Waals surface area contributed by atoms with E-state index >= 15 is 0 Å². The van der Waals surface area contributed by atoms with E-state index in [9.17, 15) is 9.50 Å². The quantitative estimate of drug-likeness (QED) is 0.618. The predicted molar refractivity (Wildman–Crippen MR) is 122 cm³/mol. The molecule has 0 amide bonds. The third-order valence-electron chi connectivity index (χ3n) is 7.61. The molecule has 1 aromatic heterocycles. The minimum atomic E-state index is -0.189. The van der Waals surface area contributed by atoms with Gasteiger partial charge in [0.05, 0.1) is 19.8 Å². The maximum Gasteiger partial charge on any atom is 0.127 e. The average molecular weight is 436 g/mol. The van der Waals surface area contributed by atoms with Gasteiger partial charge in [0.2, 0.25) is 0 Å². The molecule has 168 valence electrons. The minimum Gasteiger partial charge on any atom is -0.497 e. The maximum absolute atomic E-state index is 14.5. The highest BCUT2D eigenvalue weighted by Crippen LogP contribution is 2.49. The van der Waals surface area contributed by atoms with Crippen molar-refractivity contribution in [3.63, 3.8) is 0 Å². The van der Waals surface area contributed by atoms with Gasteiger partial charge in [-0.05, 0) is 42.5 Å². The lowest BCUT2D eigenvalue weighted by Gasteiger charge is -2.56. The SMILES string of the molecule is COc1ccc2c3c([nH]c2c1)[C@H](CO)N(Cc1ccccc1F)CC31CN(CC2CC2)C1. The Bertz CT molecular complexity index is 1150. The maximum atomic E-state index is 14.5. The van der Waals surface area contributed by atoms with Gasteiger partial charge < -0.3 is 19.7 Å². The number of hydrogen-bond donors (Lipinski definition) is 2. The summed E-state index contributed by atoms with van der Waals surface area (Å²) in [7, 11) is 1.68. The van der Waals surface area contributed by atoms with Gasteiger partial charge in [-0.1, -0.05) is 18.2 Å². The van der Waals surface area contributed by atoms with Crippen molar-refractivity contribution in [3.8, 4) is 5.75 Å². The van der Waals surface area contributed by atoms with Gasteiger partial charge in [-0.3, -0.25) is 4.90 Å². The number of rotatable bonds is 6. The van der Waals surface area contributed by atoms with E-state index < -0.39 is 0 Å². The molecule has 1 aliphatic carbocycles. The molecule has 1 saturated carbocycles. The molecular weight excluding hydrogens is 405 g/mol. The van der Waals surface area contributed by atoms with E-state index in [1.165, 1.54) is 36.4 Å². The zero-order valence-corrected chi connectivity index (χ0v) is 18.5. The molecule has 0 radical (unpaired) electrons. The molecule has 1 atom stereocenters. The van der Waals surface area contributed by atoms with E-state index in [1.54, 1.807) is 13.2 Å². The van der Waals surface area contributed by atoms with Crippen molar-refractivity contribution in [3.05, 3.63) is 65.1 Å². The van der Waals surface area contributed by atoms with Gasteiger partial charge in [-0.2, -0.15) is 0 Å². The van der Waals surface area contributed by atoms with Crippen LogP contribution in [0.15, 0.2) is 42.5 Å². The van der Waals surface area contributed by atoms with E-state index in [4.69, 9.17) is 4.74 Å². The summed E-state index contributed by atoms with van der Waals surface area (Å²) in [5.74, 6) is 1.50. The monoisotopic (exact) mass is 435 g/mol. The van der Waals surface area contributed by atoms with Gasteiger partial charge in [-0.15, -0.1) is 0 Å². The van der Waals surface area contributed by atoms with Crippen LogP contribution in [0.2, 0.25) is 0 Å². The van der Waals surface area contributed by atoms with Crippen LogP contribution in [0.5, 0.6) is 5.75 Å². The van der Waals surface area contributed by atoms with E-state index in [1.807, 2.05) is 24.3 Å². The molecule has 6 heteroatoms. The molecular formula is C26H30FN3O2. The second kappa shape index (κ2) is 7.58. The molecule has 6 rings (SSSR count). The smallest absolute Gasteiger partial charge is 0.127 e. The largest absolute Gasteiger partial charge is 0.497 e. The van der Waals surface area contributed by atoms with E-state index in [2.05, 4.69) is 20.9 Å². The summed E-state index contributed by atoms with van der Waals surface area (Å²) in [6, 6.07) is 13.0. The number of aromatic nitrogens is 1. The van der Waals surface area contributed by atoms with Crippen molar-refractivity contribution in [1.82, 2.24) is 14.8 Å². The fourth-order valence-corrected chi connectivity index (χ4v) is 5.99. The first-order valence-electron chi connectivity index (χ1n) is 11.6. The van der Waals surface area contributed by atoms with Crippen molar-refractivity contribution < 1.29 is 14.2 Å².